The number of alkyl halides is 3. The lowest BCUT2D eigenvalue weighted by Crippen LogP contribution is -2.40. The van der Waals surface area contributed by atoms with E-state index in [2.05, 4.69) is 5.32 Å². The molecule has 0 saturated carbocycles. The van der Waals surface area contributed by atoms with E-state index in [0.29, 0.717) is 6.61 Å². The third kappa shape index (κ3) is 3.15. The molecule has 20 heavy (non-hydrogen) atoms. The van der Waals surface area contributed by atoms with Gasteiger partial charge in [0.05, 0.1) is 11.7 Å². The third-order valence-corrected chi connectivity index (χ3v) is 4.20. The first-order valence-electron chi connectivity index (χ1n) is 6.80. The van der Waals surface area contributed by atoms with Crippen LogP contribution in [-0.4, -0.2) is 26.3 Å². The topological polar surface area (TPSA) is 21.3 Å². The van der Waals surface area contributed by atoms with E-state index in [0.717, 1.165) is 37.1 Å². The van der Waals surface area contributed by atoms with Crippen LogP contribution in [0.5, 0.6) is 0 Å². The molecule has 1 aliphatic rings. The average molecular weight is 287 g/mol. The van der Waals surface area contributed by atoms with Crippen molar-refractivity contribution in [3.8, 4) is 0 Å². The smallest absolute Gasteiger partial charge is 0.378 e. The molecule has 1 heterocycles. The fourth-order valence-corrected chi connectivity index (χ4v) is 2.92. The number of hydrogen-bond donors (Lipinski definition) is 1. The molecule has 1 N–H and O–H groups in total. The fraction of sp³-hybridized carbons (Fsp3) is 0.600. The molecule has 2 rings (SSSR count). The Hall–Kier alpha value is -1.07. The maximum atomic E-state index is 12.6. The minimum Gasteiger partial charge on any atom is -0.378 e. The molecule has 0 spiro atoms. The van der Waals surface area contributed by atoms with Crippen molar-refractivity contribution in [1.82, 2.24) is 5.32 Å². The van der Waals surface area contributed by atoms with E-state index < -0.39 is 11.7 Å². The minimum atomic E-state index is -4.27. The van der Waals surface area contributed by atoms with Crippen LogP contribution < -0.4 is 5.32 Å². The largest absolute Gasteiger partial charge is 0.416 e. The van der Waals surface area contributed by atoms with Crippen LogP contribution in [0.1, 0.15) is 24.5 Å². The van der Waals surface area contributed by atoms with E-state index in [4.69, 9.17) is 4.74 Å². The van der Waals surface area contributed by atoms with Gasteiger partial charge in [0.1, 0.15) is 0 Å². The Kier molecular flexibility index (Phi) is 4.39. The molecule has 0 aliphatic carbocycles. The van der Waals surface area contributed by atoms with Gasteiger partial charge in [-0.1, -0.05) is 12.1 Å². The number of hydrogen-bond acceptors (Lipinski definition) is 2. The van der Waals surface area contributed by atoms with Gasteiger partial charge in [0.2, 0.25) is 0 Å². The lowest BCUT2D eigenvalue weighted by Gasteiger charge is -2.32. The van der Waals surface area contributed by atoms with Crippen molar-refractivity contribution in [1.29, 1.82) is 0 Å². The molecule has 0 amide bonds. The molecule has 0 radical (unpaired) electrons. The first-order chi connectivity index (χ1) is 9.37. The van der Waals surface area contributed by atoms with E-state index in [9.17, 15) is 13.2 Å². The monoisotopic (exact) mass is 287 g/mol. The number of benzene rings is 1. The van der Waals surface area contributed by atoms with Crippen molar-refractivity contribution in [2.24, 2.45) is 5.41 Å². The van der Waals surface area contributed by atoms with Crippen LogP contribution in [0.3, 0.4) is 0 Å². The van der Waals surface area contributed by atoms with Crippen LogP contribution in [-0.2, 0) is 17.3 Å². The Morgan fingerprint density at radius 2 is 1.95 bits per heavy atom. The van der Waals surface area contributed by atoms with Gasteiger partial charge in [-0.15, -0.1) is 0 Å². The Balaban J connectivity index is 2.15. The zero-order chi connectivity index (χ0) is 14.8. The van der Waals surface area contributed by atoms with Crippen molar-refractivity contribution in [3.05, 3.63) is 35.4 Å². The molecule has 0 bridgehead atoms. The van der Waals surface area contributed by atoms with Crippen LogP contribution in [0.2, 0.25) is 0 Å². The van der Waals surface area contributed by atoms with Crippen LogP contribution >= 0.6 is 0 Å². The summed E-state index contributed by atoms with van der Waals surface area (Å²) in [5, 5.41) is 3.18. The van der Waals surface area contributed by atoms with Crippen molar-refractivity contribution >= 4 is 0 Å². The molecule has 5 heteroatoms. The second kappa shape index (κ2) is 5.74. The predicted molar refractivity (Wildman–Crippen MR) is 71.5 cm³/mol. The fourth-order valence-electron chi connectivity index (χ4n) is 2.92. The highest BCUT2D eigenvalue weighted by atomic mass is 19.4. The summed E-state index contributed by atoms with van der Waals surface area (Å²) in [6.45, 7) is 3.55. The van der Waals surface area contributed by atoms with Crippen molar-refractivity contribution in [3.63, 3.8) is 0 Å². The predicted octanol–water partition coefficient (Wildman–Crippen LogP) is 3.26. The first-order valence-corrected chi connectivity index (χ1v) is 6.80. The highest BCUT2D eigenvalue weighted by Crippen LogP contribution is 2.38. The second-order valence-corrected chi connectivity index (χ2v) is 5.53. The van der Waals surface area contributed by atoms with E-state index in [1.54, 1.807) is 12.1 Å². The molecular formula is C15H20F3NO. The van der Waals surface area contributed by atoms with Crippen molar-refractivity contribution < 1.29 is 17.9 Å². The van der Waals surface area contributed by atoms with Gasteiger partial charge in [-0.3, -0.25) is 0 Å². The minimum absolute atomic E-state index is 0.0332. The van der Waals surface area contributed by atoms with Crippen molar-refractivity contribution in [2.75, 3.05) is 20.2 Å². The highest BCUT2D eigenvalue weighted by Gasteiger charge is 2.41. The lowest BCUT2D eigenvalue weighted by atomic mass is 9.76. The normalized spacial score (nSPS) is 26.9. The molecule has 1 aromatic carbocycles. The summed E-state index contributed by atoms with van der Waals surface area (Å²) >= 11 is 0. The molecular weight excluding hydrogens is 267 g/mol. The Morgan fingerprint density at radius 1 is 1.30 bits per heavy atom. The summed E-state index contributed by atoms with van der Waals surface area (Å²) < 4.78 is 43.3. The van der Waals surface area contributed by atoms with Gasteiger partial charge < -0.3 is 10.1 Å². The Morgan fingerprint density at radius 3 is 2.40 bits per heavy atom. The third-order valence-electron chi connectivity index (χ3n) is 4.20. The van der Waals surface area contributed by atoms with Crippen LogP contribution in [0.15, 0.2) is 24.3 Å². The maximum absolute atomic E-state index is 12.6. The second-order valence-electron chi connectivity index (χ2n) is 5.53. The van der Waals surface area contributed by atoms with Gasteiger partial charge in [0, 0.05) is 18.6 Å². The summed E-state index contributed by atoms with van der Waals surface area (Å²) in [5.41, 5.74) is 0.291. The molecule has 1 saturated heterocycles. The molecule has 1 fully saturated rings. The summed E-state index contributed by atoms with van der Waals surface area (Å²) in [6.07, 6.45) is -2.51. The quantitative estimate of drug-likeness (QED) is 0.917. The molecule has 2 unspecified atom stereocenters. The van der Waals surface area contributed by atoms with Crippen LogP contribution in [0.25, 0.3) is 0 Å². The van der Waals surface area contributed by atoms with Gasteiger partial charge in [-0.2, -0.15) is 13.2 Å². The number of ether oxygens (including phenoxy) is 1. The molecule has 112 valence electrons. The molecule has 1 aromatic rings. The SMILES string of the molecule is CNCC1(Cc2ccc(C(F)(F)F)cc2)CCOC1C. The van der Waals surface area contributed by atoms with Gasteiger partial charge in [-0.05, 0) is 44.5 Å². The Bertz CT molecular complexity index is 443. The molecule has 2 atom stereocenters. The van der Waals surface area contributed by atoms with Crippen LogP contribution in [0.4, 0.5) is 13.2 Å². The van der Waals surface area contributed by atoms with Gasteiger partial charge in [0.15, 0.2) is 0 Å². The molecule has 0 aromatic heterocycles. The summed E-state index contributed by atoms with van der Waals surface area (Å²) in [4.78, 5) is 0. The highest BCUT2D eigenvalue weighted by molar-refractivity contribution is 5.26. The van der Waals surface area contributed by atoms with Gasteiger partial charge >= 0.3 is 6.18 Å². The zero-order valence-corrected chi connectivity index (χ0v) is 11.8. The number of nitrogens with one attached hydrogen (secondary N) is 1. The lowest BCUT2D eigenvalue weighted by molar-refractivity contribution is -0.137. The number of halogens is 3. The zero-order valence-electron chi connectivity index (χ0n) is 11.8. The standard InChI is InChI=1S/C15H20F3NO/c1-11-14(10-19-2,7-8-20-11)9-12-3-5-13(6-4-12)15(16,17)18/h3-6,11,19H,7-10H2,1-2H3. The molecule has 1 aliphatic heterocycles. The van der Waals surface area contributed by atoms with Gasteiger partial charge in [-0.25, -0.2) is 0 Å². The van der Waals surface area contributed by atoms with Crippen molar-refractivity contribution in [2.45, 2.75) is 32.0 Å². The summed E-state index contributed by atoms with van der Waals surface area (Å²) in [6, 6.07) is 5.46. The number of rotatable bonds is 4. The van der Waals surface area contributed by atoms with E-state index in [1.165, 1.54) is 0 Å². The Labute approximate surface area is 117 Å². The summed E-state index contributed by atoms with van der Waals surface area (Å²) in [7, 11) is 1.89. The van der Waals surface area contributed by atoms with Gasteiger partial charge in [0.25, 0.3) is 0 Å². The van der Waals surface area contributed by atoms with E-state index in [1.807, 2.05) is 14.0 Å². The van der Waals surface area contributed by atoms with Crippen LogP contribution in [0, 0.1) is 5.41 Å². The molecule has 2 nitrogen and oxygen atoms in total. The van der Waals surface area contributed by atoms with E-state index in [-0.39, 0.29) is 11.5 Å². The summed E-state index contributed by atoms with van der Waals surface area (Å²) in [5.74, 6) is 0. The average Bonchev–Trinajstić information content (AvgIpc) is 2.71. The maximum Gasteiger partial charge on any atom is 0.416 e. The first kappa shape index (κ1) is 15.3. The van der Waals surface area contributed by atoms with E-state index >= 15 is 0 Å².